The van der Waals surface area contributed by atoms with E-state index in [1.807, 2.05) is 30.3 Å². The van der Waals surface area contributed by atoms with Crippen molar-refractivity contribution in [2.75, 3.05) is 24.2 Å². The van der Waals surface area contributed by atoms with E-state index in [9.17, 15) is 9.59 Å². The first-order valence-electron chi connectivity index (χ1n) is 7.66. The molecule has 1 aliphatic rings. The number of amides is 2. The number of anilines is 1. The summed E-state index contributed by atoms with van der Waals surface area (Å²) >= 11 is 13.4. The van der Waals surface area contributed by atoms with E-state index in [0.29, 0.717) is 22.3 Å². The summed E-state index contributed by atoms with van der Waals surface area (Å²) in [5, 5.41) is 0.935. The lowest BCUT2D eigenvalue weighted by Gasteiger charge is -2.30. The van der Waals surface area contributed by atoms with E-state index in [4.69, 9.17) is 23.2 Å². The number of nitrogens with zero attached hydrogens (tertiary/aromatic N) is 2. The Morgan fingerprint density at radius 2 is 1.96 bits per heavy atom. The average Bonchev–Trinajstić information content (AvgIpc) is 2.60. The third kappa shape index (κ3) is 4.11. The first kappa shape index (κ1) is 18.1. The first-order chi connectivity index (χ1) is 12.0. The molecule has 0 saturated carbocycles. The minimum Gasteiger partial charge on any atom is -0.340 e. The van der Waals surface area contributed by atoms with E-state index < -0.39 is 0 Å². The number of thioether (sulfide) groups is 1. The number of benzene rings is 2. The van der Waals surface area contributed by atoms with Crippen molar-refractivity contribution in [1.82, 2.24) is 4.90 Å². The molecule has 0 bridgehead atoms. The minimum atomic E-state index is -0.138. The topological polar surface area (TPSA) is 40.6 Å². The molecular formula is C18H16Cl2N2O2S. The first-order valence-corrected chi connectivity index (χ1v) is 9.40. The molecule has 7 heteroatoms. The Labute approximate surface area is 160 Å². The standard InChI is InChI=1S/C18H16Cl2N2O2S/c1-21(9-12-6-7-13(19)14(20)8-12)17(23)10-22-15-4-2-3-5-16(15)25-11-18(22)24/h2-8H,9-11H2,1H3. The number of hydrogen-bond donors (Lipinski definition) is 0. The van der Waals surface area contributed by atoms with Gasteiger partial charge in [-0.2, -0.15) is 0 Å². The van der Waals surface area contributed by atoms with Crippen molar-refractivity contribution < 1.29 is 9.59 Å². The van der Waals surface area contributed by atoms with Gasteiger partial charge in [0.25, 0.3) is 0 Å². The van der Waals surface area contributed by atoms with Crippen molar-refractivity contribution >= 4 is 52.5 Å². The quantitative estimate of drug-likeness (QED) is 0.783. The summed E-state index contributed by atoms with van der Waals surface area (Å²) in [5.41, 5.74) is 1.67. The van der Waals surface area contributed by atoms with Gasteiger partial charge in [0.1, 0.15) is 6.54 Å². The van der Waals surface area contributed by atoms with Crippen LogP contribution in [0.2, 0.25) is 10.0 Å². The van der Waals surface area contributed by atoms with Crippen molar-refractivity contribution in [1.29, 1.82) is 0 Å². The lowest BCUT2D eigenvalue weighted by atomic mass is 10.2. The molecule has 130 valence electrons. The summed E-state index contributed by atoms with van der Waals surface area (Å²) in [6, 6.07) is 12.9. The Morgan fingerprint density at radius 3 is 2.72 bits per heavy atom. The summed E-state index contributed by atoms with van der Waals surface area (Å²) in [4.78, 5) is 29.0. The van der Waals surface area contributed by atoms with Gasteiger partial charge in [0.15, 0.2) is 0 Å². The average molecular weight is 395 g/mol. The SMILES string of the molecule is CN(Cc1ccc(Cl)c(Cl)c1)C(=O)CN1C(=O)CSc2ccccc21. The number of para-hydroxylation sites is 1. The number of likely N-dealkylation sites (N-methyl/N-ethyl adjacent to an activating group) is 1. The second-order valence-electron chi connectivity index (χ2n) is 5.73. The van der Waals surface area contributed by atoms with Crippen molar-refractivity contribution in [2.45, 2.75) is 11.4 Å². The molecule has 2 aromatic rings. The zero-order chi connectivity index (χ0) is 18.0. The van der Waals surface area contributed by atoms with Crippen LogP contribution in [0, 0.1) is 0 Å². The number of fused-ring (bicyclic) bond motifs is 1. The Hall–Kier alpha value is -1.69. The van der Waals surface area contributed by atoms with Gasteiger partial charge in [0.05, 0.1) is 21.5 Å². The zero-order valence-corrected chi connectivity index (χ0v) is 15.9. The number of carbonyl (C=O) groups is 2. The zero-order valence-electron chi connectivity index (χ0n) is 13.5. The van der Waals surface area contributed by atoms with Crippen LogP contribution in [0.5, 0.6) is 0 Å². The molecule has 0 aliphatic carbocycles. The van der Waals surface area contributed by atoms with Crippen molar-refractivity contribution in [3.8, 4) is 0 Å². The summed E-state index contributed by atoms with van der Waals surface area (Å²) in [6.07, 6.45) is 0. The van der Waals surface area contributed by atoms with E-state index in [-0.39, 0.29) is 18.4 Å². The molecular weight excluding hydrogens is 379 g/mol. The Morgan fingerprint density at radius 1 is 1.20 bits per heavy atom. The van der Waals surface area contributed by atoms with Crippen LogP contribution in [0.4, 0.5) is 5.69 Å². The fourth-order valence-electron chi connectivity index (χ4n) is 2.58. The molecule has 1 aliphatic heterocycles. The molecule has 0 spiro atoms. The molecule has 2 amide bonds. The number of hydrogen-bond acceptors (Lipinski definition) is 3. The third-order valence-electron chi connectivity index (χ3n) is 3.93. The van der Waals surface area contributed by atoms with Crippen LogP contribution in [-0.4, -0.2) is 36.1 Å². The van der Waals surface area contributed by atoms with Crippen LogP contribution in [-0.2, 0) is 16.1 Å². The highest BCUT2D eigenvalue weighted by Gasteiger charge is 2.27. The maximum Gasteiger partial charge on any atom is 0.242 e. The van der Waals surface area contributed by atoms with Gasteiger partial charge in [-0.05, 0) is 29.8 Å². The fourth-order valence-corrected chi connectivity index (χ4v) is 3.84. The van der Waals surface area contributed by atoms with Gasteiger partial charge in [-0.3, -0.25) is 9.59 Å². The molecule has 2 aromatic carbocycles. The molecule has 0 saturated heterocycles. The van der Waals surface area contributed by atoms with Gasteiger partial charge in [-0.1, -0.05) is 41.4 Å². The molecule has 0 fully saturated rings. The summed E-state index contributed by atoms with van der Waals surface area (Å²) < 4.78 is 0. The van der Waals surface area contributed by atoms with Crippen LogP contribution in [0.25, 0.3) is 0 Å². The summed E-state index contributed by atoms with van der Waals surface area (Å²) in [6.45, 7) is 0.419. The highest BCUT2D eigenvalue weighted by molar-refractivity contribution is 8.00. The Bertz CT molecular complexity index is 828. The van der Waals surface area contributed by atoms with Gasteiger partial charge < -0.3 is 9.80 Å². The highest BCUT2D eigenvalue weighted by atomic mass is 35.5. The van der Waals surface area contributed by atoms with E-state index in [0.717, 1.165) is 16.1 Å². The fraction of sp³-hybridized carbons (Fsp3) is 0.222. The number of halogens is 2. The van der Waals surface area contributed by atoms with Gasteiger partial charge >= 0.3 is 0 Å². The van der Waals surface area contributed by atoms with Crippen molar-refractivity contribution in [3.63, 3.8) is 0 Å². The monoisotopic (exact) mass is 394 g/mol. The van der Waals surface area contributed by atoms with E-state index >= 15 is 0 Å². The maximum atomic E-state index is 12.6. The molecule has 0 unspecified atom stereocenters. The van der Waals surface area contributed by atoms with Crippen LogP contribution in [0.3, 0.4) is 0 Å². The third-order valence-corrected chi connectivity index (χ3v) is 5.72. The molecule has 3 rings (SSSR count). The maximum absolute atomic E-state index is 12.6. The van der Waals surface area contributed by atoms with E-state index in [1.54, 1.807) is 29.0 Å². The second kappa shape index (κ2) is 7.68. The molecule has 0 N–H and O–H groups in total. The van der Waals surface area contributed by atoms with Crippen molar-refractivity contribution in [2.24, 2.45) is 0 Å². The number of rotatable bonds is 4. The van der Waals surface area contributed by atoms with E-state index in [2.05, 4.69) is 0 Å². The van der Waals surface area contributed by atoms with E-state index in [1.165, 1.54) is 11.8 Å². The van der Waals surface area contributed by atoms with Gasteiger partial charge in [0, 0.05) is 18.5 Å². The summed E-state index contributed by atoms with van der Waals surface area (Å²) in [7, 11) is 1.71. The van der Waals surface area contributed by atoms with Crippen LogP contribution < -0.4 is 4.90 Å². The molecule has 0 radical (unpaired) electrons. The molecule has 25 heavy (non-hydrogen) atoms. The lowest BCUT2D eigenvalue weighted by molar-refractivity contribution is -0.130. The molecule has 0 atom stereocenters. The smallest absolute Gasteiger partial charge is 0.242 e. The minimum absolute atomic E-state index is 0.0221. The lowest BCUT2D eigenvalue weighted by Crippen LogP contribution is -2.43. The van der Waals surface area contributed by atoms with Gasteiger partial charge in [0.2, 0.25) is 11.8 Å². The predicted molar refractivity (Wildman–Crippen MR) is 102 cm³/mol. The molecule has 0 aromatic heterocycles. The molecule has 4 nitrogen and oxygen atoms in total. The normalized spacial score (nSPS) is 13.6. The van der Waals surface area contributed by atoms with Crippen LogP contribution in [0.15, 0.2) is 47.4 Å². The van der Waals surface area contributed by atoms with Gasteiger partial charge in [-0.15, -0.1) is 11.8 Å². The predicted octanol–water partition coefficient (Wildman–Crippen LogP) is 4.09. The second-order valence-corrected chi connectivity index (χ2v) is 7.57. The largest absolute Gasteiger partial charge is 0.340 e. The number of carbonyl (C=O) groups excluding carboxylic acids is 2. The molecule has 1 heterocycles. The highest BCUT2D eigenvalue weighted by Crippen LogP contribution is 2.34. The summed E-state index contributed by atoms with van der Waals surface area (Å²) in [5.74, 6) is 0.155. The van der Waals surface area contributed by atoms with Gasteiger partial charge in [-0.25, -0.2) is 0 Å². The van der Waals surface area contributed by atoms with Crippen LogP contribution in [0.1, 0.15) is 5.56 Å². The Balaban J connectivity index is 1.71. The van der Waals surface area contributed by atoms with Crippen LogP contribution >= 0.6 is 35.0 Å². The van der Waals surface area contributed by atoms with Crippen molar-refractivity contribution in [3.05, 3.63) is 58.1 Å². The Kier molecular flexibility index (Phi) is 5.57.